The first-order valence-corrected chi connectivity index (χ1v) is 8.87. The van der Waals surface area contributed by atoms with Gasteiger partial charge in [-0.15, -0.1) is 0 Å². The number of hydrogen-bond acceptors (Lipinski definition) is 2. The molecule has 2 aliphatic rings. The second-order valence-corrected chi connectivity index (χ2v) is 6.90. The van der Waals surface area contributed by atoms with Crippen LogP contribution in [0, 0.1) is 5.92 Å². The van der Waals surface area contributed by atoms with Crippen molar-refractivity contribution in [2.24, 2.45) is 5.92 Å². The van der Waals surface area contributed by atoms with Gasteiger partial charge in [0.25, 0.3) is 0 Å². The minimum atomic E-state index is 0.341. The van der Waals surface area contributed by atoms with E-state index >= 15 is 0 Å². The van der Waals surface area contributed by atoms with E-state index in [2.05, 4.69) is 45.2 Å². The molecule has 0 unspecified atom stereocenters. The zero-order chi connectivity index (χ0) is 15.6. The van der Waals surface area contributed by atoms with Gasteiger partial charge in [0.1, 0.15) is 0 Å². The molecule has 4 heteroatoms. The number of aromatic nitrogens is 1. The summed E-state index contributed by atoms with van der Waals surface area (Å²) in [6, 6.07) is 8.49. The summed E-state index contributed by atoms with van der Waals surface area (Å²) in [7, 11) is 0. The highest BCUT2D eigenvalue weighted by Gasteiger charge is 2.31. The predicted molar refractivity (Wildman–Crippen MR) is 92.4 cm³/mol. The number of hydrogen-bond donors (Lipinski definition) is 1. The van der Waals surface area contributed by atoms with Gasteiger partial charge in [0.2, 0.25) is 5.91 Å². The summed E-state index contributed by atoms with van der Waals surface area (Å²) in [5.74, 6) is 0.750. The van der Waals surface area contributed by atoms with Gasteiger partial charge < -0.3 is 9.88 Å². The summed E-state index contributed by atoms with van der Waals surface area (Å²) in [5, 5.41) is 1.34. The van der Waals surface area contributed by atoms with Crippen LogP contribution in [-0.4, -0.2) is 53.4 Å². The standard InChI is InChI=1S/C19H25N3O/c23-19(15-4-3-5-15)22-12-10-21(11-13-22)9-8-16-14-20-18-7-2-1-6-17(16)18/h1-2,6-7,14-15,20H,3-5,8-13H2. The molecular formula is C19H25N3O. The van der Waals surface area contributed by atoms with Gasteiger partial charge in [0, 0.05) is 55.7 Å². The molecule has 1 N–H and O–H groups in total. The molecule has 2 aromatic rings. The van der Waals surface area contributed by atoms with Gasteiger partial charge in [0.05, 0.1) is 0 Å². The van der Waals surface area contributed by atoms with Crippen LogP contribution in [-0.2, 0) is 11.2 Å². The lowest BCUT2D eigenvalue weighted by Crippen LogP contribution is -2.51. The van der Waals surface area contributed by atoms with Crippen molar-refractivity contribution in [2.75, 3.05) is 32.7 Å². The van der Waals surface area contributed by atoms with Crippen LogP contribution >= 0.6 is 0 Å². The molecule has 23 heavy (non-hydrogen) atoms. The first kappa shape index (κ1) is 14.8. The smallest absolute Gasteiger partial charge is 0.225 e. The third kappa shape index (κ3) is 3.00. The lowest BCUT2D eigenvalue weighted by Gasteiger charge is -2.38. The molecule has 2 fully saturated rings. The van der Waals surface area contributed by atoms with Crippen LogP contribution in [0.15, 0.2) is 30.5 Å². The summed E-state index contributed by atoms with van der Waals surface area (Å²) in [6.07, 6.45) is 6.67. The fourth-order valence-electron chi connectivity index (χ4n) is 3.72. The van der Waals surface area contributed by atoms with Crippen LogP contribution in [0.4, 0.5) is 0 Å². The van der Waals surface area contributed by atoms with Crippen molar-refractivity contribution < 1.29 is 4.79 Å². The first-order chi connectivity index (χ1) is 11.3. The number of fused-ring (bicyclic) bond motifs is 1. The van der Waals surface area contributed by atoms with Crippen molar-refractivity contribution in [2.45, 2.75) is 25.7 Å². The van der Waals surface area contributed by atoms with Crippen LogP contribution in [0.5, 0.6) is 0 Å². The second-order valence-electron chi connectivity index (χ2n) is 6.90. The zero-order valence-corrected chi connectivity index (χ0v) is 13.6. The number of piperazine rings is 1. The summed E-state index contributed by atoms with van der Waals surface area (Å²) < 4.78 is 0. The molecule has 1 amide bonds. The van der Waals surface area contributed by atoms with Crippen LogP contribution in [0.2, 0.25) is 0 Å². The summed E-state index contributed by atoms with van der Waals surface area (Å²) in [6.45, 7) is 4.92. The largest absolute Gasteiger partial charge is 0.361 e. The molecule has 1 saturated carbocycles. The Balaban J connectivity index is 1.29. The SMILES string of the molecule is O=C(C1CCC1)N1CCN(CCc2c[nH]c3ccccc23)CC1. The van der Waals surface area contributed by atoms with E-state index in [1.807, 2.05) is 0 Å². The van der Waals surface area contributed by atoms with Crippen molar-refractivity contribution in [1.82, 2.24) is 14.8 Å². The third-order valence-corrected chi connectivity index (χ3v) is 5.51. The van der Waals surface area contributed by atoms with Crippen molar-refractivity contribution in [1.29, 1.82) is 0 Å². The maximum atomic E-state index is 12.3. The van der Waals surface area contributed by atoms with E-state index < -0.39 is 0 Å². The van der Waals surface area contributed by atoms with E-state index in [-0.39, 0.29) is 0 Å². The Morgan fingerprint density at radius 3 is 2.65 bits per heavy atom. The van der Waals surface area contributed by atoms with E-state index in [9.17, 15) is 4.79 Å². The molecule has 0 atom stereocenters. The van der Waals surface area contributed by atoms with E-state index in [1.165, 1.54) is 22.9 Å². The quantitative estimate of drug-likeness (QED) is 0.943. The maximum absolute atomic E-state index is 12.3. The van der Waals surface area contributed by atoms with Gasteiger partial charge in [-0.3, -0.25) is 9.69 Å². The van der Waals surface area contributed by atoms with Crippen LogP contribution in [0.1, 0.15) is 24.8 Å². The minimum Gasteiger partial charge on any atom is -0.361 e. The first-order valence-electron chi connectivity index (χ1n) is 8.87. The second kappa shape index (κ2) is 6.36. The number of carbonyl (C=O) groups is 1. The number of H-pyrrole nitrogens is 1. The molecule has 0 radical (unpaired) electrons. The zero-order valence-electron chi connectivity index (χ0n) is 13.6. The third-order valence-electron chi connectivity index (χ3n) is 5.51. The highest BCUT2D eigenvalue weighted by atomic mass is 16.2. The molecule has 4 nitrogen and oxygen atoms in total. The Labute approximate surface area is 137 Å². The molecule has 2 heterocycles. The number of aromatic amines is 1. The summed E-state index contributed by atoms with van der Waals surface area (Å²) in [5.41, 5.74) is 2.62. The lowest BCUT2D eigenvalue weighted by atomic mass is 9.84. The van der Waals surface area contributed by atoms with Crippen LogP contribution < -0.4 is 0 Å². The van der Waals surface area contributed by atoms with Gasteiger partial charge in [-0.05, 0) is 30.9 Å². The average Bonchev–Trinajstić information content (AvgIpc) is 2.95. The Hall–Kier alpha value is -1.81. The molecule has 0 bridgehead atoms. The fourth-order valence-corrected chi connectivity index (χ4v) is 3.72. The molecule has 0 spiro atoms. The van der Waals surface area contributed by atoms with Gasteiger partial charge in [0.15, 0.2) is 0 Å². The topological polar surface area (TPSA) is 39.3 Å². The molecule has 1 aliphatic heterocycles. The number of carbonyl (C=O) groups excluding carboxylic acids is 1. The Morgan fingerprint density at radius 2 is 1.91 bits per heavy atom. The van der Waals surface area contributed by atoms with E-state index in [4.69, 9.17) is 0 Å². The predicted octanol–water partition coefficient (Wildman–Crippen LogP) is 2.65. The number of rotatable bonds is 4. The highest BCUT2D eigenvalue weighted by Crippen LogP contribution is 2.28. The normalized spacial score (nSPS) is 19.9. The van der Waals surface area contributed by atoms with Crippen LogP contribution in [0.3, 0.4) is 0 Å². The summed E-state index contributed by atoms with van der Waals surface area (Å²) >= 11 is 0. The van der Waals surface area contributed by atoms with Crippen molar-refractivity contribution in [3.8, 4) is 0 Å². The highest BCUT2D eigenvalue weighted by molar-refractivity contribution is 5.83. The molecule has 1 saturated heterocycles. The minimum absolute atomic E-state index is 0.341. The van der Waals surface area contributed by atoms with Gasteiger partial charge in [-0.2, -0.15) is 0 Å². The van der Waals surface area contributed by atoms with E-state index in [0.717, 1.165) is 52.0 Å². The summed E-state index contributed by atoms with van der Waals surface area (Å²) in [4.78, 5) is 20.2. The number of benzene rings is 1. The molecule has 1 aliphatic carbocycles. The van der Waals surface area contributed by atoms with Gasteiger partial charge in [-0.25, -0.2) is 0 Å². The number of nitrogens with one attached hydrogen (secondary N) is 1. The molecule has 1 aromatic heterocycles. The van der Waals surface area contributed by atoms with E-state index in [0.29, 0.717) is 11.8 Å². The molecule has 122 valence electrons. The monoisotopic (exact) mass is 311 g/mol. The van der Waals surface area contributed by atoms with Crippen LogP contribution in [0.25, 0.3) is 10.9 Å². The fraction of sp³-hybridized carbons (Fsp3) is 0.526. The number of amides is 1. The Bertz CT molecular complexity index is 681. The number of para-hydroxylation sites is 1. The Kier molecular flexibility index (Phi) is 4.08. The van der Waals surface area contributed by atoms with E-state index in [1.54, 1.807) is 0 Å². The Morgan fingerprint density at radius 1 is 1.13 bits per heavy atom. The molecular weight excluding hydrogens is 286 g/mol. The van der Waals surface area contributed by atoms with Crippen molar-refractivity contribution in [3.05, 3.63) is 36.0 Å². The average molecular weight is 311 g/mol. The van der Waals surface area contributed by atoms with Gasteiger partial charge in [-0.1, -0.05) is 24.6 Å². The maximum Gasteiger partial charge on any atom is 0.225 e. The van der Waals surface area contributed by atoms with Crippen molar-refractivity contribution in [3.63, 3.8) is 0 Å². The van der Waals surface area contributed by atoms with Gasteiger partial charge >= 0.3 is 0 Å². The number of nitrogens with zero attached hydrogens (tertiary/aromatic N) is 2. The molecule has 1 aromatic carbocycles. The van der Waals surface area contributed by atoms with Crippen molar-refractivity contribution >= 4 is 16.8 Å². The lowest BCUT2D eigenvalue weighted by molar-refractivity contribution is -0.139. The molecule has 4 rings (SSSR count).